The molecule has 1 amide bonds. The van der Waals surface area contributed by atoms with Crippen LogP contribution in [0.3, 0.4) is 0 Å². The van der Waals surface area contributed by atoms with Crippen LogP contribution in [-0.2, 0) is 4.79 Å². The Hall–Kier alpha value is -0.570. The monoisotopic (exact) mass is 255 g/mol. The molecule has 0 unspecified atom stereocenters. The van der Waals surface area contributed by atoms with Gasteiger partial charge in [-0.25, -0.2) is 0 Å². The second kappa shape index (κ2) is 5.60. The van der Waals surface area contributed by atoms with Crippen LogP contribution in [0.25, 0.3) is 0 Å². The van der Waals surface area contributed by atoms with Crippen LogP contribution < -0.4 is 5.32 Å². The highest BCUT2D eigenvalue weighted by Crippen LogP contribution is 2.39. The highest BCUT2D eigenvalue weighted by molar-refractivity contribution is 5.79. The Morgan fingerprint density at radius 1 is 1.11 bits per heavy atom. The van der Waals surface area contributed by atoms with Gasteiger partial charge in [-0.1, -0.05) is 20.8 Å². The number of carbonyl (C=O) groups is 1. The summed E-state index contributed by atoms with van der Waals surface area (Å²) in [6.07, 6.45) is 4.24. The smallest absolute Gasteiger partial charge is 0.223 e. The molecule has 2 N–H and O–H groups in total. The largest absolute Gasteiger partial charge is 0.394 e. The van der Waals surface area contributed by atoms with Gasteiger partial charge < -0.3 is 10.4 Å². The van der Waals surface area contributed by atoms with Gasteiger partial charge in [0.05, 0.1) is 12.1 Å². The third-order valence-corrected chi connectivity index (χ3v) is 4.18. The number of hydrogen-bond acceptors (Lipinski definition) is 2. The Kier molecular flexibility index (Phi) is 4.82. The van der Waals surface area contributed by atoms with E-state index in [1.807, 2.05) is 13.8 Å². The van der Waals surface area contributed by atoms with Gasteiger partial charge in [-0.05, 0) is 50.9 Å². The van der Waals surface area contributed by atoms with Crippen LogP contribution in [-0.4, -0.2) is 23.2 Å². The Balaban J connectivity index is 2.46. The van der Waals surface area contributed by atoms with Crippen molar-refractivity contribution < 1.29 is 9.90 Å². The topological polar surface area (TPSA) is 49.3 Å². The summed E-state index contributed by atoms with van der Waals surface area (Å²) in [6, 6.07) is 0. The zero-order valence-electron chi connectivity index (χ0n) is 12.5. The maximum absolute atomic E-state index is 12.1. The summed E-state index contributed by atoms with van der Waals surface area (Å²) in [5.41, 5.74) is -0.149. The van der Waals surface area contributed by atoms with Crippen molar-refractivity contribution in [3.63, 3.8) is 0 Å². The first-order valence-corrected chi connectivity index (χ1v) is 7.08. The van der Waals surface area contributed by atoms with Crippen molar-refractivity contribution in [1.82, 2.24) is 5.32 Å². The summed E-state index contributed by atoms with van der Waals surface area (Å²) in [5.74, 6) is 0.975. The molecule has 1 rings (SSSR count). The van der Waals surface area contributed by atoms with E-state index in [0.29, 0.717) is 5.41 Å². The van der Waals surface area contributed by atoms with Gasteiger partial charge in [0.25, 0.3) is 0 Å². The molecule has 18 heavy (non-hydrogen) atoms. The lowest BCUT2D eigenvalue weighted by molar-refractivity contribution is -0.128. The molecule has 1 aliphatic carbocycles. The van der Waals surface area contributed by atoms with Crippen LogP contribution in [0.4, 0.5) is 0 Å². The molecule has 0 aliphatic heterocycles. The fraction of sp³-hybridized carbons (Fsp3) is 0.933. The van der Waals surface area contributed by atoms with Crippen LogP contribution in [0, 0.1) is 17.3 Å². The second-order valence-electron chi connectivity index (χ2n) is 7.45. The molecular formula is C15H29NO2. The molecule has 0 aromatic carbocycles. The molecule has 0 bridgehead atoms. The lowest BCUT2D eigenvalue weighted by atomic mass is 9.69. The maximum Gasteiger partial charge on any atom is 0.223 e. The summed E-state index contributed by atoms with van der Waals surface area (Å²) < 4.78 is 0. The first-order valence-electron chi connectivity index (χ1n) is 7.08. The first kappa shape index (κ1) is 15.5. The zero-order chi connectivity index (χ0) is 14.0. The molecule has 0 aromatic rings. The molecular weight excluding hydrogens is 226 g/mol. The van der Waals surface area contributed by atoms with Crippen molar-refractivity contribution in [2.24, 2.45) is 17.3 Å². The molecule has 0 atom stereocenters. The molecule has 3 nitrogen and oxygen atoms in total. The predicted molar refractivity (Wildman–Crippen MR) is 74.2 cm³/mol. The van der Waals surface area contributed by atoms with Crippen molar-refractivity contribution in [1.29, 1.82) is 0 Å². The third-order valence-electron chi connectivity index (χ3n) is 4.18. The molecule has 106 valence electrons. The van der Waals surface area contributed by atoms with E-state index >= 15 is 0 Å². The molecule has 3 heteroatoms. The normalized spacial score (nSPS) is 25.9. The average molecular weight is 255 g/mol. The van der Waals surface area contributed by atoms with Crippen molar-refractivity contribution in [2.75, 3.05) is 6.61 Å². The van der Waals surface area contributed by atoms with Crippen LogP contribution >= 0.6 is 0 Å². The van der Waals surface area contributed by atoms with E-state index < -0.39 is 5.54 Å². The maximum atomic E-state index is 12.1. The number of nitrogens with one attached hydrogen (secondary N) is 1. The van der Waals surface area contributed by atoms with E-state index in [-0.39, 0.29) is 18.4 Å². The van der Waals surface area contributed by atoms with Crippen molar-refractivity contribution >= 4 is 5.91 Å². The van der Waals surface area contributed by atoms with E-state index in [4.69, 9.17) is 0 Å². The van der Waals surface area contributed by atoms with Crippen LogP contribution in [0.1, 0.15) is 60.3 Å². The molecule has 0 radical (unpaired) electrons. The van der Waals surface area contributed by atoms with E-state index in [1.165, 1.54) is 0 Å². The fourth-order valence-electron chi connectivity index (χ4n) is 2.70. The van der Waals surface area contributed by atoms with Gasteiger partial charge in [-0.2, -0.15) is 0 Å². The number of aliphatic hydroxyl groups excluding tert-OH is 1. The van der Waals surface area contributed by atoms with E-state index in [1.54, 1.807) is 0 Å². The minimum Gasteiger partial charge on any atom is -0.394 e. The number of aliphatic hydroxyl groups is 1. The van der Waals surface area contributed by atoms with Crippen LogP contribution in [0.15, 0.2) is 0 Å². The number of carbonyl (C=O) groups excluding carboxylic acids is 1. The minimum absolute atomic E-state index is 0.0178. The molecule has 0 spiro atoms. The first-order chi connectivity index (χ1) is 8.15. The summed E-state index contributed by atoms with van der Waals surface area (Å²) in [7, 11) is 0. The Labute approximate surface area is 111 Å². The lowest BCUT2D eigenvalue weighted by Crippen LogP contribution is -2.49. The molecule has 0 aromatic heterocycles. The quantitative estimate of drug-likeness (QED) is 0.814. The fourth-order valence-corrected chi connectivity index (χ4v) is 2.70. The minimum atomic E-state index is -0.502. The second-order valence-corrected chi connectivity index (χ2v) is 7.45. The van der Waals surface area contributed by atoms with Gasteiger partial charge in [0, 0.05) is 5.92 Å². The SMILES string of the molecule is CC(C)(CO)NC(=O)C1CCC(C(C)(C)C)CC1. The van der Waals surface area contributed by atoms with Crippen LogP contribution in [0.5, 0.6) is 0 Å². The lowest BCUT2D eigenvalue weighted by Gasteiger charge is -2.37. The summed E-state index contributed by atoms with van der Waals surface area (Å²) in [4.78, 5) is 12.1. The Morgan fingerprint density at radius 3 is 2.00 bits per heavy atom. The highest BCUT2D eigenvalue weighted by Gasteiger charge is 2.33. The predicted octanol–water partition coefficient (Wildman–Crippen LogP) is 2.73. The van der Waals surface area contributed by atoms with Gasteiger partial charge in [-0.3, -0.25) is 4.79 Å². The number of hydrogen-bond donors (Lipinski definition) is 2. The van der Waals surface area contributed by atoms with E-state index in [0.717, 1.165) is 31.6 Å². The molecule has 1 saturated carbocycles. The van der Waals surface area contributed by atoms with Gasteiger partial charge >= 0.3 is 0 Å². The molecule has 1 aliphatic rings. The van der Waals surface area contributed by atoms with Crippen molar-refractivity contribution in [2.45, 2.75) is 65.8 Å². The third kappa shape index (κ3) is 4.27. The van der Waals surface area contributed by atoms with Gasteiger partial charge in [-0.15, -0.1) is 0 Å². The van der Waals surface area contributed by atoms with Gasteiger partial charge in [0.15, 0.2) is 0 Å². The van der Waals surface area contributed by atoms with Gasteiger partial charge in [0.1, 0.15) is 0 Å². The number of rotatable bonds is 3. The standard InChI is InChI=1S/C15H29NO2/c1-14(2,3)12-8-6-11(7-9-12)13(18)16-15(4,5)10-17/h11-12,17H,6-10H2,1-5H3,(H,16,18). The van der Waals surface area contributed by atoms with E-state index in [2.05, 4.69) is 26.1 Å². The summed E-state index contributed by atoms with van der Waals surface area (Å²) in [6.45, 7) is 10.5. The van der Waals surface area contributed by atoms with Crippen molar-refractivity contribution in [3.8, 4) is 0 Å². The van der Waals surface area contributed by atoms with Crippen molar-refractivity contribution in [3.05, 3.63) is 0 Å². The Morgan fingerprint density at radius 2 is 1.61 bits per heavy atom. The summed E-state index contributed by atoms with van der Waals surface area (Å²) in [5, 5.41) is 12.1. The average Bonchev–Trinajstić information content (AvgIpc) is 2.27. The van der Waals surface area contributed by atoms with E-state index in [9.17, 15) is 9.90 Å². The highest BCUT2D eigenvalue weighted by atomic mass is 16.3. The molecule has 0 heterocycles. The molecule has 0 saturated heterocycles. The number of amides is 1. The Bertz CT molecular complexity index is 283. The van der Waals surface area contributed by atoms with Crippen LogP contribution in [0.2, 0.25) is 0 Å². The zero-order valence-corrected chi connectivity index (χ0v) is 12.5. The summed E-state index contributed by atoms with van der Waals surface area (Å²) >= 11 is 0. The molecule has 1 fully saturated rings. The van der Waals surface area contributed by atoms with Gasteiger partial charge in [0.2, 0.25) is 5.91 Å².